The van der Waals surface area contributed by atoms with E-state index in [0.717, 1.165) is 31.9 Å². The van der Waals surface area contributed by atoms with Gasteiger partial charge in [0.05, 0.1) is 28.7 Å². The number of H-pyrrole nitrogens is 1. The molecule has 3 N–H and O–H groups in total. The van der Waals surface area contributed by atoms with Gasteiger partial charge in [-0.2, -0.15) is 23.4 Å². The van der Waals surface area contributed by atoms with Crippen LogP contribution in [0.4, 0.5) is 23.2 Å². The van der Waals surface area contributed by atoms with Crippen molar-refractivity contribution in [3.05, 3.63) is 46.1 Å². The van der Waals surface area contributed by atoms with Crippen molar-refractivity contribution in [3.63, 3.8) is 0 Å². The largest absolute Gasteiger partial charge is 0.480 e. The Bertz CT molecular complexity index is 1290. The van der Waals surface area contributed by atoms with Crippen LogP contribution in [0.25, 0.3) is 11.3 Å². The van der Waals surface area contributed by atoms with Crippen LogP contribution in [0.1, 0.15) is 61.4 Å². The van der Waals surface area contributed by atoms with Crippen LogP contribution < -0.4 is 10.1 Å². The highest BCUT2D eigenvalue weighted by molar-refractivity contribution is 6.33. The Morgan fingerprint density at radius 3 is 2.50 bits per heavy atom. The van der Waals surface area contributed by atoms with E-state index in [-0.39, 0.29) is 28.1 Å². The standard InChI is InChI=1S/C23H24ClF4N5O3/c1-10-19(20(24)31-30-10)29-21(34)14-7-15(25)13(8-17(14)36-11(2)23(26,27)28)16-9-18(22(3,4)35)33(32-16)12-5-6-12/h7-9,11-12,35H,5-6H2,1-4H3,(H,29,34)(H,30,31)/t11-/m0/s1. The third kappa shape index (κ3) is 5.19. The van der Waals surface area contributed by atoms with Crippen molar-refractivity contribution in [2.24, 2.45) is 0 Å². The minimum absolute atomic E-state index is 0.00571. The van der Waals surface area contributed by atoms with Crippen molar-refractivity contribution in [3.8, 4) is 17.0 Å². The predicted octanol–water partition coefficient (Wildman–Crippen LogP) is 5.52. The maximum atomic E-state index is 15.3. The van der Waals surface area contributed by atoms with Crippen LogP contribution in [0.5, 0.6) is 5.75 Å². The number of nitrogens with one attached hydrogen (secondary N) is 2. The molecule has 0 saturated heterocycles. The van der Waals surface area contributed by atoms with Gasteiger partial charge < -0.3 is 15.2 Å². The predicted molar refractivity (Wildman–Crippen MR) is 124 cm³/mol. The minimum atomic E-state index is -4.74. The first-order valence-electron chi connectivity index (χ1n) is 11.1. The molecule has 1 amide bonds. The molecular formula is C23H24ClF4N5O3. The highest BCUT2D eigenvalue weighted by Gasteiger charge is 2.39. The molecule has 13 heteroatoms. The number of rotatable bonds is 7. The van der Waals surface area contributed by atoms with E-state index in [2.05, 4.69) is 20.6 Å². The van der Waals surface area contributed by atoms with Crippen LogP contribution in [0.15, 0.2) is 18.2 Å². The first kappa shape index (κ1) is 26.0. The second-order valence-corrected chi connectivity index (χ2v) is 9.61. The van der Waals surface area contributed by atoms with E-state index in [4.69, 9.17) is 16.3 Å². The number of anilines is 1. The number of hydrogen-bond acceptors (Lipinski definition) is 5. The van der Waals surface area contributed by atoms with E-state index in [1.165, 1.54) is 6.07 Å². The number of alkyl halides is 3. The highest BCUT2D eigenvalue weighted by Crippen LogP contribution is 2.41. The average Bonchev–Trinajstić information content (AvgIpc) is 3.44. The van der Waals surface area contributed by atoms with Gasteiger partial charge in [-0.25, -0.2) is 4.39 Å². The molecule has 1 aromatic carbocycles. The summed E-state index contributed by atoms with van der Waals surface area (Å²) in [7, 11) is 0. The van der Waals surface area contributed by atoms with Gasteiger partial charge in [0.25, 0.3) is 5.91 Å². The first-order chi connectivity index (χ1) is 16.7. The smallest absolute Gasteiger partial charge is 0.425 e. The van der Waals surface area contributed by atoms with Gasteiger partial charge in [0.15, 0.2) is 6.10 Å². The van der Waals surface area contributed by atoms with Crippen molar-refractivity contribution in [1.82, 2.24) is 20.0 Å². The van der Waals surface area contributed by atoms with Crippen LogP contribution in [0, 0.1) is 12.7 Å². The molecule has 1 fully saturated rings. The topological polar surface area (TPSA) is 105 Å². The number of aromatic amines is 1. The van der Waals surface area contributed by atoms with Crippen LogP contribution in [-0.4, -0.2) is 43.3 Å². The summed E-state index contributed by atoms with van der Waals surface area (Å²) >= 11 is 5.96. The zero-order valence-electron chi connectivity index (χ0n) is 19.8. The number of aliphatic hydroxyl groups is 1. The Morgan fingerprint density at radius 1 is 1.31 bits per heavy atom. The molecule has 1 atom stereocenters. The third-order valence-corrected chi connectivity index (χ3v) is 6.02. The van der Waals surface area contributed by atoms with Gasteiger partial charge in [-0.05, 0) is 58.7 Å². The maximum Gasteiger partial charge on any atom is 0.425 e. The molecule has 3 aromatic rings. The van der Waals surface area contributed by atoms with Crippen molar-refractivity contribution in [2.45, 2.75) is 64.5 Å². The van der Waals surface area contributed by atoms with Gasteiger partial charge in [-0.3, -0.25) is 14.6 Å². The number of aryl methyl sites for hydroxylation is 1. The van der Waals surface area contributed by atoms with Crippen molar-refractivity contribution >= 4 is 23.2 Å². The number of nitrogens with zero attached hydrogens (tertiary/aromatic N) is 3. The van der Waals surface area contributed by atoms with E-state index in [9.17, 15) is 23.1 Å². The summed E-state index contributed by atoms with van der Waals surface area (Å²) in [5, 5.41) is 23.7. The van der Waals surface area contributed by atoms with Crippen molar-refractivity contribution < 1.29 is 32.2 Å². The number of halogens is 5. The summed E-state index contributed by atoms with van der Waals surface area (Å²) in [4.78, 5) is 13.0. The zero-order valence-corrected chi connectivity index (χ0v) is 20.6. The summed E-state index contributed by atoms with van der Waals surface area (Å²) < 4.78 is 61.9. The molecule has 194 valence electrons. The van der Waals surface area contributed by atoms with Gasteiger partial charge >= 0.3 is 6.18 Å². The third-order valence-electron chi connectivity index (χ3n) is 5.75. The van der Waals surface area contributed by atoms with E-state index in [0.29, 0.717) is 11.4 Å². The molecule has 36 heavy (non-hydrogen) atoms. The number of amides is 1. The van der Waals surface area contributed by atoms with Crippen molar-refractivity contribution in [1.29, 1.82) is 0 Å². The second kappa shape index (κ2) is 9.07. The fraction of sp³-hybridized carbons (Fsp3) is 0.435. The lowest BCUT2D eigenvalue weighted by molar-refractivity contribution is -0.189. The van der Waals surface area contributed by atoms with E-state index < -0.39 is 40.9 Å². The average molecular weight is 530 g/mol. The summed E-state index contributed by atoms with van der Waals surface area (Å²) in [5.74, 6) is -2.36. The molecule has 2 heterocycles. The SMILES string of the molecule is Cc1n[nH]c(Cl)c1NC(=O)c1cc(F)c(-c2cc(C(C)(C)O)n(C3CC3)n2)cc1O[C@@H](C)C(F)(F)F. The fourth-order valence-electron chi connectivity index (χ4n) is 3.59. The van der Waals surface area contributed by atoms with E-state index in [1.807, 2.05) is 0 Å². The summed E-state index contributed by atoms with van der Waals surface area (Å²) in [6, 6.07) is 3.30. The molecule has 1 saturated carbocycles. The highest BCUT2D eigenvalue weighted by atomic mass is 35.5. The van der Waals surface area contributed by atoms with Crippen LogP contribution in [-0.2, 0) is 5.60 Å². The Morgan fingerprint density at radius 2 is 1.97 bits per heavy atom. The number of carbonyl (C=O) groups is 1. The molecule has 0 spiro atoms. The number of aromatic nitrogens is 4. The zero-order chi connectivity index (χ0) is 26.6. The van der Waals surface area contributed by atoms with Gasteiger partial charge in [-0.15, -0.1) is 0 Å². The Hall–Kier alpha value is -3.12. The quantitative estimate of drug-likeness (QED) is 0.350. The lowest BCUT2D eigenvalue weighted by Crippen LogP contribution is -2.32. The summed E-state index contributed by atoms with van der Waals surface area (Å²) in [6.45, 7) is 5.43. The second-order valence-electron chi connectivity index (χ2n) is 9.23. The van der Waals surface area contributed by atoms with Crippen LogP contribution in [0.2, 0.25) is 5.15 Å². The van der Waals surface area contributed by atoms with Gasteiger partial charge in [0.1, 0.15) is 28.0 Å². The Labute approximate surface area is 208 Å². The van der Waals surface area contributed by atoms with E-state index in [1.54, 1.807) is 25.5 Å². The number of hydrogen-bond donors (Lipinski definition) is 3. The first-order valence-corrected chi connectivity index (χ1v) is 11.5. The summed E-state index contributed by atoms with van der Waals surface area (Å²) in [6.07, 6.45) is -5.37. The monoisotopic (exact) mass is 529 g/mol. The van der Waals surface area contributed by atoms with Gasteiger partial charge in [0, 0.05) is 5.56 Å². The minimum Gasteiger partial charge on any atom is -0.480 e. The molecular weight excluding hydrogens is 506 g/mol. The maximum absolute atomic E-state index is 15.3. The van der Waals surface area contributed by atoms with E-state index >= 15 is 4.39 Å². The Balaban J connectivity index is 1.80. The molecule has 1 aliphatic rings. The van der Waals surface area contributed by atoms with Crippen LogP contribution >= 0.6 is 11.6 Å². The number of ether oxygens (including phenoxy) is 1. The van der Waals surface area contributed by atoms with Gasteiger partial charge in [0.2, 0.25) is 0 Å². The van der Waals surface area contributed by atoms with Crippen molar-refractivity contribution in [2.75, 3.05) is 5.32 Å². The number of carbonyl (C=O) groups excluding carboxylic acids is 1. The van der Waals surface area contributed by atoms with Crippen LogP contribution in [0.3, 0.4) is 0 Å². The molecule has 4 rings (SSSR count). The molecule has 2 aromatic heterocycles. The lowest BCUT2D eigenvalue weighted by Gasteiger charge is -2.20. The lowest BCUT2D eigenvalue weighted by atomic mass is 10.0. The molecule has 1 aliphatic carbocycles. The van der Waals surface area contributed by atoms with Gasteiger partial charge in [-0.1, -0.05) is 11.6 Å². The number of benzene rings is 1. The fourth-order valence-corrected chi connectivity index (χ4v) is 3.82. The molecule has 0 unspecified atom stereocenters. The normalized spacial score (nSPS) is 15.2. The molecule has 0 radical (unpaired) electrons. The molecule has 8 nitrogen and oxygen atoms in total. The summed E-state index contributed by atoms with van der Waals surface area (Å²) in [5.41, 5.74) is -1.03. The molecule has 0 aliphatic heterocycles. The molecule has 0 bridgehead atoms. The Kier molecular flexibility index (Phi) is 6.54.